The van der Waals surface area contributed by atoms with E-state index in [0.717, 1.165) is 31.1 Å². The van der Waals surface area contributed by atoms with Gasteiger partial charge in [0.25, 0.3) is 0 Å². The summed E-state index contributed by atoms with van der Waals surface area (Å²) in [5.41, 5.74) is 2.26. The molecule has 102 valence electrons. The lowest BCUT2D eigenvalue weighted by Gasteiger charge is -2.06. The SMILES string of the molecule is Brc1cc(CNc2cccc(-c3nccs3)c2)sc1Br. The Balaban J connectivity index is 1.73. The maximum absolute atomic E-state index is 4.34. The topological polar surface area (TPSA) is 24.9 Å². The molecule has 2 nitrogen and oxygen atoms in total. The highest BCUT2D eigenvalue weighted by Crippen LogP contribution is 2.33. The van der Waals surface area contributed by atoms with Gasteiger partial charge in [-0.05, 0) is 50.1 Å². The number of nitrogens with one attached hydrogen (secondary N) is 1. The van der Waals surface area contributed by atoms with E-state index in [-0.39, 0.29) is 0 Å². The average Bonchev–Trinajstić information content (AvgIpc) is 3.08. The first-order chi connectivity index (χ1) is 9.72. The first-order valence-electron chi connectivity index (χ1n) is 5.90. The second-order valence-corrected chi connectivity index (χ2v) is 8.31. The fourth-order valence-corrected chi connectivity index (χ4v) is 4.55. The maximum atomic E-state index is 4.34. The molecule has 0 bridgehead atoms. The summed E-state index contributed by atoms with van der Waals surface area (Å²) in [6, 6.07) is 10.5. The summed E-state index contributed by atoms with van der Waals surface area (Å²) >= 11 is 10.4. The number of nitrogens with zero attached hydrogens (tertiary/aromatic N) is 1. The Morgan fingerprint density at radius 3 is 2.80 bits per heavy atom. The molecule has 1 N–H and O–H groups in total. The Bertz CT molecular complexity index is 688. The van der Waals surface area contributed by atoms with Gasteiger partial charge in [0.1, 0.15) is 5.01 Å². The molecule has 0 fully saturated rings. The predicted octanol–water partition coefficient (Wildman–Crippen LogP) is 6.01. The molecule has 2 aromatic heterocycles. The van der Waals surface area contributed by atoms with Gasteiger partial charge in [-0.3, -0.25) is 0 Å². The van der Waals surface area contributed by atoms with Crippen LogP contribution in [0, 0.1) is 0 Å². The van der Waals surface area contributed by atoms with Crippen LogP contribution >= 0.6 is 54.5 Å². The van der Waals surface area contributed by atoms with E-state index >= 15 is 0 Å². The minimum Gasteiger partial charge on any atom is -0.380 e. The highest BCUT2D eigenvalue weighted by molar-refractivity contribution is 9.13. The van der Waals surface area contributed by atoms with Crippen molar-refractivity contribution < 1.29 is 0 Å². The Morgan fingerprint density at radius 2 is 2.10 bits per heavy atom. The minimum atomic E-state index is 0.816. The Hall–Kier alpha value is -0.690. The number of anilines is 1. The first kappa shape index (κ1) is 14.3. The van der Waals surface area contributed by atoms with E-state index in [4.69, 9.17) is 0 Å². The Morgan fingerprint density at radius 1 is 1.20 bits per heavy atom. The molecule has 0 amide bonds. The molecule has 20 heavy (non-hydrogen) atoms. The van der Waals surface area contributed by atoms with Crippen molar-refractivity contribution in [1.82, 2.24) is 4.98 Å². The van der Waals surface area contributed by atoms with Crippen LogP contribution in [0.4, 0.5) is 5.69 Å². The van der Waals surface area contributed by atoms with E-state index in [0.29, 0.717) is 0 Å². The van der Waals surface area contributed by atoms with Gasteiger partial charge in [0.15, 0.2) is 0 Å². The summed E-state index contributed by atoms with van der Waals surface area (Å²) in [5, 5.41) is 6.50. The van der Waals surface area contributed by atoms with Crippen molar-refractivity contribution in [2.45, 2.75) is 6.54 Å². The molecule has 0 aliphatic heterocycles. The summed E-state index contributed by atoms with van der Waals surface area (Å²) in [7, 11) is 0. The molecule has 6 heteroatoms. The van der Waals surface area contributed by atoms with Gasteiger partial charge in [0.2, 0.25) is 0 Å². The summed E-state index contributed by atoms with van der Waals surface area (Å²) in [6.45, 7) is 0.816. The van der Waals surface area contributed by atoms with Crippen LogP contribution in [-0.4, -0.2) is 4.98 Å². The molecule has 2 heterocycles. The molecule has 3 rings (SSSR count). The molecule has 0 radical (unpaired) electrons. The standard InChI is InChI=1S/C14H10Br2N2S2/c15-12-7-11(20-13(12)16)8-18-10-3-1-2-9(6-10)14-17-4-5-19-14/h1-7,18H,8H2. The van der Waals surface area contributed by atoms with Gasteiger partial charge in [-0.2, -0.15) is 0 Å². The lowest BCUT2D eigenvalue weighted by molar-refractivity contribution is 1.19. The number of hydrogen-bond donors (Lipinski definition) is 1. The zero-order valence-electron chi connectivity index (χ0n) is 10.3. The summed E-state index contributed by atoms with van der Waals surface area (Å²) < 4.78 is 2.24. The molecule has 0 spiro atoms. The predicted molar refractivity (Wildman–Crippen MR) is 94.6 cm³/mol. The van der Waals surface area contributed by atoms with Crippen molar-refractivity contribution in [3.8, 4) is 10.6 Å². The smallest absolute Gasteiger partial charge is 0.123 e. The molecular formula is C14H10Br2N2S2. The molecule has 0 saturated carbocycles. The minimum absolute atomic E-state index is 0.816. The van der Waals surface area contributed by atoms with E-state index in [2.05, 4.69) is 72.5 Å². The Kier molecular flexibility index (Phi) is 4.55. The van der Waals surface area contributed by atoms with E-state index in [9.17, 15) is 0 Å². The fraction of sp³-hybridized carbons (Fsp3) is 0.0714. The fourth-order valence-electron chi connectivity index (χ4n) is 1.80. The molecule has 0 aliphatic rings. The molecule has 0 atom stereocenters. The van der Waals surface area contributed by atoms with Crippen molar-refractivity contribution in [3.63, 3.8) is 0 Å². The van der Waals surface area contributed by atoms with Crippen molar-refractivity contribution in [2.24, 2.45) is 0 Å². The summed E-state index contributed by atoms with van der Waals surface area (Å²) in [5.74, 6) is 0. The highest BCUT2D eigenvalue weighted by Gasteiger charge is 2.05. The van der Waals surface area contributed by atoms with Gasteiger partial charge in [-0.1, -0.05) is 12.1 Å². The monoisotopic (exact) mass is 428 g/mol. The lowest BCUT2D eigenvalue weighted by atomic mass is 10.2. The third-order valence-corrected chi connectivity index (χ3v) is 6.78. The highest BCUT2D eigenvalue weighted by atomic mass is 79.9. The normalized spacial score (nSPS) is 10.7. The number of rotatable bonds is 4. The maximum Gasteiger partial charge on any atom is 0.123 e. The van der Waals surface area contributed by atoms with Gasteiger partial charge < -0.3 is 5.32 Å². The van der Waals surface area contributed by atoms with Gasteiger partial charge in [-0.15, -0.1) is 22.7 Å². The number of hydrogen-bond acceptors (Lipinski definition) is 4. The average molecular weight is 430 g/mol. The van der Waals surface area contributed by atoms with Crippen LogP contribution < -0.4 is 5.32 Å². The molecule has 3 aromatic rings. The zero-order chi connectivity index (χ0) is 13.9. The number of thiophene rings is 1. The summed E-state index contributed by atoms with van der Waals surface area (Å²) in [6.07, 6.45) is 1.83. The third kappa shape index (κ3) is 3.31. The largest absolute Gasteiger partial charge is 0.380 e. The quantitative estimate of drug-likeness (QED) is 0.549. The number of benzene rings is 1. The number of aromatic nitrogens is 1. The first-order valence-corrected chi connectivity index (χ1v) is 9.18. The molecule has 0 saturated heterocycles. The second-order valence-electron chi connectivity index (χ2n) is 4.11. The van der Waals surface area contributed by atoms with Crippen LogP contribution in [0.25, 0.3) is 10.6 Å². The van der Waals surface area contributed by atoms with Crippen LogP contribution in [0.2, 0.25) is 0 Å². The third-order valence-electron chi connectivity index (χ3n) is 2.70. The van der Waals surface area contributed by atoms with Crippen LogP contribution in [0.15, 0.2) is 50.2 Å². The van der Waals surface area contributed by atoms with Crippen LogP contribution in [0.3, 0.4) is 0 Å². The van der Waals surface area contributed by atoms with E-state index in [1.807, 2.05) is 11.6 Å². The van der Waals surface area contributed by atoms with Gasteiger partial charge in [0, 0.05) is 38.7 Å². The van der Waals surface area contributed by atoms with Crippen LogP contribution in [0.5, 0.6) is 0 Å². The molecule has 0 unspecified atom stereocenters. The van der Waals surface area contributed by atoms with Crippen molar-refractivity contribution in [3.05, 3.63) is 55.0 Å². The molecular weight excluding hydrogens is 420 g/mol. The number of thiazole rings is 1. The van der Waals surface area contributed by atoms with Gasteiger partial charge >= 0.3 is 0 Å². The second kappa shape index (κ2) is 6.39. The number of halogens is 2. The van der Waals surface area contributed by atoms with Gasteiger partial charge in [0.05, 0.1) is 3.79 Å². The molecule has 1 aromatic carbocycles. The van der Waals surface area contributed by atoms with Crippen LogP contribution in [-0.2, 0) is 6.54 Å². The van der Waals surface area contributed by atoms with Crippen LogP contribution in [0.1, 0.15) is 4.88 Å². The van der Waals surface area contributed by atoms with Crippen molar-refractivity contribution in [2.75, 3.05) is 5.32 Å². The van der Waals surface area contributed by atoms with Crippen molar-refractivity contribution >= 4 is 60.2 Å². The van der Waals surface area contributed by atoms with E-state index < -0.39 is 0 Å². The van der Waals surface area contributed by atoms with Crippen molar-refractivity contribution in [1.29, 1.82) is 0 Å². The lowest BCUT2D eigenvalue weighted by Crippen LogP contribution is -1.97. The van der Waals surface area contributed by atoms with E-state index in [1.54, 1.807) is 22.7 Å². The van der Waals surface area contributed by atoms with Gasteiger partial charge in [-0.25, -0.2) is 4.98 Å². The van der Waals surface area contributed by atoms with E-state index in [1.165, 1.54) is 4.88 Å². The molecule has 0 aliphatic carbocycles. The summed E-state index contributed by atoms with van der Waals surface area (Å²) in [4.78, 5) is 5.62. The zero-order valence-corrected chi connectivity index (χ0v) is 15.1. The Labute approximate surface area is 142 Å².